The van der Waals surface area contributed by atoms with E-state index in [1.54, 1.807) is 0 Å². The Morgan fingerprint density at radius 2 is 2.41 bits per heavy atom. The number of rotatable bonds is 5. The molecule has 2 rings (SSSR count). The van der Waals surface area contributed by atoms with Gasteiger partial charge in [0.25, 0.3) is 0 Å². The van der Waals surface area contributed by atoms with Gasteiger partial charge in [-0.3, -0.25) is 0 Å². The summed E-state index contributed by atoms with van der Waals surface area (Å²) in [4.78, 5) is 0. The van der Waals surface area contributed by atoms with Crippen LogP contribution in [-0.4, -0.2) is 32.7 Å². The molecule has 0 bridgehead atoms. The van der Waals surface area contributed by atoms with Crippen LogP contribution >= 0.6 is 0 Å². The summed E-state index contributed by atoms with van der Waals surface area (Å²) in [6, 6.07) is 7.97. The van der Waals surface area contributed by atoms with Crippen LogP contribution in [0.3, 0.4) is 0 Å². The molecule has 17 heavy (non-hydrogen) atoms. The summed E-state index contributed by atoms with van der Waals surface area (Å²) in [6.45, 7) is 4.66. The lowest BCUT2D eigenvalue weighted by atomic mass is 10.2. The second-order valence-electron chi connectivity index (χ2n) is 3.95. The Morgan fingerprint density at radius 1 is 1.47 bits per heavy atom. The van der Waals surface area contributed by atoms with E-state index in [1.165, 1.54) is 0 Å². The van der Waals surface area contributed by atoms with Gasteiger partial charge < -0.3 is 19.5 Å². The van der Waals surface area contributed by atoms with Gasteiger partial charge in [0.05, 0.1) is 19.3 Å². The molecule has 1 unspecified atom stereocenters. The molecule has 4 heteroatoms. The fourth-order valence-electron chi connectivity index (χ4n) is 1.76. The fourth-order valence-corrected chi connectivity index (χ4v) is 1.76. The van der Waals surface area contributed by atoms with Crippen LogP contribution in [-0.2, 0) is 9.47 Å². The lowest BCUT2D eigenvalue weighted by Crippen LogP contribution is -2.30. The van der Waals surface area contributed by atoms with Crippen molar-refractivity contribution in [1.82, 2.24) is 0 Å². The summed E-state index contributed by atoms with van der Waals surface area (Å²) >= 11 is 0. The quantitative estimate of drug-likeness (QED) is 0.852. The first-order valence-electron chi connectivity index (χ1n) is 6.04. The first kappa shape index (κ1) is 12.2. The Morgan fingerprint density at radius 3 is 3.18 bits per heavy atom. The smallest absolute Gasteiger partial charge is 0.147 e. The molecule has 0 radical (unpaired) electrons. The van der Waals surface area contributed by atoms with Gasteiger partial charge in [0.2, 0.25) is 0 Å². The number of hydrogen-bond donors (Lipinski definition) is 1. The molecule has 1 saturated heterocycles. The van der Waals surface area contributed by atoms with Crippen molar-refractivity contribution in [2.45, 2.75) is 19.4 Å². The third-order valence-electron chi connectivity index (χ3n) is 2.65. The zero-order valence-corrected chi connectivity index (χ0v) is 10.1. The topological polar surface area (TPSA) is 39.7 Å². The van der Waals surface area contributed by atoms with E-state index in [2.05, 4.69) is 5.32 Å². The molecule has 1 N–H and O–H groups in total. The van der Waals surface area contributed by atoms with E-state index in [9.17, 15) is 0 Å². The van der Waals surface area contributed by atoms with Gasteiger partial charge in [-0.1, -0.05) is 6.07 Å². The van der Waals surface area contributed by atoms with Crippen molar-refractivity contribution < 1.29 is 14.2 Å². The normalized spacial score (nSPS) is 19.9. The van der Waals surface area contributed by atoms with E-state index < -0.39 is 0 Å². The third kappa shape index (κ3) is 3.91. The molecule has 0 amide bonds. The third-order valence-corrected chi connectivity index (χ3v) is 2.65. The molecule has 1 aromatic carbocycles. The van der Waals surface area contributed by atoms with Crippen LogP contribution in [0.25, 0.3) is 0 Å². The monoisotopic (exact) mass is 237 g/mol. The summed E-state index contributed by atoms with van der Waals surface area (Å²) in [5.74, 6) is 0.894. The number of anilines is 1. The Bertz CT molecular complexity index is 337. The van der Waals surface area contributed by atoms with Crippen molar-refractivity contribution >= 4 is 5.69 Å². The predicted molar refractivity (Wildman–Crippen MR) is 66.4 cm³/mol. The highest BCUT2D eigenvalue weighted by Gasteiger charge is 2.13. The number of benzene rings is 1. The first-order chi connectivity index (χ1) is 8.38. The second kappa shape index (κ2) is 6.47. The summed E-state index contributed by atoms with van der Waals surface area (Å²) in [6.07, 6.45) is 1.18. The van der Waals surface area contributed by atoms with Gasteiger partial charge in [-0.2, -0.15) is 0 Å². The summed E-state index contributed by atoms with van der Waals surface area (Å²) < 4.78 is 16.0. The Hall–Kier alpha value is -1.26. The van der Waals surface area contributed by atoms with E-state index in [0.29, 0.717) is 13.4 Å². The maximum atomic E-state index is 5.46. The van der Waals surface area contributed by atoms with Crippen molar-refractivity contribution in [3.8, 4) is 5.75 Å². The van der Waals surface area contributed by atoms with Crippen molar-refractivity contribution in [2.75, 3.05) is 31.9 Å². The zero-order valence-electron chi connectivity index (χ0n) is 10.1. The van der Waals surface area contributed by atoms with Crippen LogP contribution in [0.4, 0.5) is 5.69 Å². The molecule has 1 fully saturated rings. The van der Waals surface area contributed by atoms with Gasteiger partial charge in [-0.05, 0) is 25.5 Å². The minimum Gasteiger partial charge on any atom is -0.494 e. The number of ether oxygens (including phenoxy) is 3. The summed E-state index contributed by atoms with van der Waals surface area (Å²) in [5, 5.41) is 3.35. The zero-order chi connectivity index (χ0) is 11.9. The van der Waals surface area contributed by atoms with Gasteiger partial charge in [-0.25, -0.2) is 0 Å². The first-order valence-corrected chi connectivity index (χ1v) is 6.04. The molecule has 1 aliphatic rings. The van der Waals surface area contributed by atoms with E-state index in [-0.39, 0.29) is 6.10 Å². The van der Waals surface area contributed by atoms with Crippen LogP contribution in [0.5, 0.6) is 5.75 Å². The van der Waals surface area contributed by atoms with E-state index >= 15 is 0 Å². The Balaban J connectivity index is 1.83. The maximum Gasteiger partial charge on any atom is 0.147 e. The minimum absolute atomic E-state index is 0.236. The molecule has 94 valence electrons. The van der Waals surface area contributed by atoms with Crippen molar-refractivity contribution in [1.29, 1.82) is 0 Å². The van der Waals surface area contributed by atoms with E-state index in [1.807, 2.05) is 31.2 Å². The average molecular weight is 237 g/mol. The molecule has 1 aromatic rings. The van der Waals surface area contributed by atoms with Crippen molar-refractivity contribution in [3.05, 3.63) is 24.3 Å². The SMILES string of the molecule is CCOc1cccc(NCC2CCOCO2)c1. The number of nitrogens with one attached hydrogen (secondary N) is 1. The molecular weight excluding hydrogens is 218 g/mol. The lowest BCUT2D eigenvalue weighted by molar-refractivity contribution is -0.133. The fraction of sp³-hybridized carbons (Fsp3) is 0.538. The van der Waals surface area contributed by atoms with E-state index in [0.717, 1.165) is 31.0 Å². The largest absolute Gasteiger partial charge is 0.494 e. The highest BCUT2D eigenvalue weighted by atomic mass is 16.7. The summed E-state index contributed by atoms with van der Waals surface area (Å²) in [7, 11) is 0. The van der Waals surface area contributed by atoms with Crippen LogP contribution in [0.1, 0.15) is 13.3 Å². The lowest BCUT2D eigenvalue weighted by Gasteiger charge is -2.23. The number of hydrogen-bond acceptors (Lipinski definition) is 4. The Labute approximate surface area is 102 Å². The molecular formula is C13H19NO3. The highest BCUT2D eigenvalue weighted by Crippen LogP contribution is 2.17. The van der Waals surface area contributed by atoms with Crippen LogP contribution < -0.4 is 10.1 Å². The van der Waals surface area contributed by atoms with Crippen molar-refractivity contribution in [2.24, 2.45) is 0 Å². The molecule has 0 aliphatic carbocycles. The molecule has 0 saturated carbocycles. The van der Waals surface area contributed by atoms with Gasteiger partial charge in [0, 0.05) is 18.3 Å². The molecule has 0 spiro atoms. The molecule has 0 aromatic heterocycles. The molecule has 1 atom stereocenters. The Kier molecular flexibility index (Phi) is 4.64. The van der Waals surface area contributed by atoms with Crippen LogP contribution in [0.15, 0.2) is 24.3 Å². The second-order valence-corrected chi connectivity index (χ2v) is 3.95. The van der Waals surface area contributed by atoms with Crippen molar-refractivity contribution in [3.63, 3.8) is 0 Å². The van der Waals surface area contributed by atoms with Crippen LogP contribution in [0.2, 0.25) is 0 Å². The summed E-state index contributed by atoms with van der Waals surface area (Å²) in [5.41, 5.74) is 1.06. The predicted octanol–water partition coefficient (Wildman–Crippen LogP) is 2.26. The van der Waals surface area contributed by atoms with Gasteiger partial charge in [0.15, 0.2) is 0 Å². The standard InChI is InChI=1S/C13H19NO3/c1-2-16-12-5-3-4-11(8-12)14-9-13-6-7-15-10-17-13/h3-5,8,13-14H,2,6-7,9-10H2,1H3. The van der Waals surface area contributed by atoms with Gasteiger partial charge >= 0.3 is 0 Å². The van der Waals surface area contributed by atoms with Gasteiger partial charge in [0.1, 0.15) is 12.5 Å². The van der Waals surface area contributed by atoms with Gasteiger partial charge in [-0.15, -0.1) is 0 Å². The maximum absolute atomic E-state index is 5.46. The minimum atomic E-state index is 0.236. The highest BCUT2D eigenvalue weighted by molar-refractivity contribution is 5.48. The molecule has 4 nitrogen and oxygen atoms in total. The van der Waals surface area contributed by atoms with Crippen LogP contribution in [0, 0.1) is 0 Å². The van der Waals surface area contributed by atoms with E-state index in [4.69, 9.17) is 14.2 Å². The molecule has 1 aliphatic heterocycles. The average Bonchev–Trinajstić information content (AvgIpc) is 2.39. The molecule has 1 heterocycles.